The van der Waals surface area contributed by atoms with Crippen LogP contribution < -0.4 is 19.6 Å². The van der Waals surface area contributed by atoms with E-state index in [-0.39, 0.29) is 49.5 Å². The van der Waals surface area contributed by atoms with Gasteiger partial charge in [0.25, 0.3) is 5.56 Å². The van der Waals surface area contributed by atoms with Crippen LogP contribution in [0.2, 0.25) is 15.1 Å². The van der Waals surface area contributed by atoms with Crippen molar-refractivity contribution >= 4 is 58.2 Å². The molecule has 0 saturated carbocycles. The Labute approximate surface area is 238 Å². The van der Waals surface area contributed by atoms with Gasteiger partial charge in [-0.25, -0.2) is 9.79 Å². The summed E-state index contributed by atoms with van der Waals surface area (Å²) in [5.41, 5.74) is -2.56. The van der Waals surface area contributed by atoms with E-state index in [9.17, 15) is 22.8 Å². The van der Waals surface area contributed by atoms with Gasteiger partial charge in [-0.3, -0.25) is 9.36 Å². The van der Waals surface area contributed by atoms with Crippen LogP contribution in [0.25, 0.3) is 6.08 Å². The fourth-order valence-electron chi connectivity index (χ4n) is 3.90. The zero-order chi connectivity index (χ0) is 28.5. The van der Waals surface area contributed by atoms with Crippen LogP contribution in [0, 0.1) is 12.3 Å². The normalized spacial score (nSPS) is 15.4. The summed E-state index contributed by atoms with van der Waals surface area (Å²) < 4.78 is 54.1. The summed E-state index contributed by atoms with van der Waals surface area (Å²) in [6, 6.07) is 7.08. The van der Waals surface area contributed by atoms with E-state index in [4.69, 9.17) is 50.7 Å². The van der Waals surface area contributed by atoms with E-state index in [1.165, 1.54) is 49.4 Å². The van der Waals surface area contributed by atoms with E-state index >= 15 is 0 Å². The summed E-state index contributed by atoms with van der Waals surface area (Å²) in [4.78, 5) is 30.0. The second-order valence-corrected chi connectivity index (χ2v) is 10.2. The molecule has 1 aromatic heterocycles. The van der Waals surface area contributed by atoms with E-state index < -0.39 is 35.0 Å². The lowest BCUT2D eigenvalue weighted by Gasteiger charge is -2.26. The molecule has 0 fully saturated rings. The van der Waals surface area contributed by atoms with Crippen molar-refractivity contribution in [2.75, 3.05) is 13.2 Å². The fraction of sp³-hybridized carbons (Fsp3) is 0.192. The molecular formula is C26H16Cl3F3N2O4S. The Morgan fingerprint density at radius 1 is 1.21 bits per heavy atom. The van der Waals surface area contributed by atoms with Gasteiger partial charge < -0.3 is 9.47 Å². The lowest BCUT2D eigenvalue weighted by atomic mass is 9.95. The van der Waals surface area contributed by atoms with Crippen LogP contribution in [0.3, 0.4) is 0 Å². The number of benzene rings is 2. The third-order valence-corrected chi connectivity index (χ3v) is 7.14. The zero-order valence-corrected chi connectivity index (χ0v) is 22.9. The number of hydrogen-bond acceptors (Lipinski definition) is 6. The molecule has 2 aromatic carbocycles. The van der Waals surface area contributed by atoms with Crippen molar-refractivity contribution < 1.29 is 27.4 Å². The largest absolute Gasteiger partial charge is 0.479 e. The highest BCUT2D eigenvalue weighted by Crippen LogP contribution is 2.38. The number of ether oxygens (including phenoxy) is 2. The van der Waals surface area contributed by atoms with Crippen molar-refractivity contribution in [1.29, 1.82) is 0 Å². The maximum atomic E-state index is 14.2. The Morgan fingerprint density at radius 3 is 2.51 bits per heavy atom. The first-order valence-corrected chi connectivity index (χ1v) is 13.0. The van der Waals surface area contributed by atoms with Gasteiger partial charge >= 0.3 is 12.1 Å². The molecule has 1 atom stereocenters. The fourth-order valence-corrected chi connectivity index (χ4v) is 5.58. The Kier molecular flexibility index (Phi) is 8.47. The molecule has 202 valence electrons. The molecule has 6 nitrogen and oxygen atoms in total. The number of thiazole rings is 1. The summed E-state index contributed by atoms with van der Waals surface area (Å²) in [5, 5.41) is 0.635. The number of esters is 1. The van der Waals surface area contributed by atoms with Crippen molar-refractivity contribution in [2.45, 2.75) is 19.1 Å². The molecule has 0 N–H and O–H groups in total. The Balaban J connectivity index is 2.05. The molecule has 0 aliphatic carbocycles. The predicted octanol–water partition coefficient (Wildman–Crippen LogP) is 5.31. The Hall–Kier alpha value is -3.23. The second kappa shape index (κ2) is 11.5. The summed E-state index contributed by atoms with van der Waals surface area (Å²) in [5.74, 6) is 1.17. The molecular weight excluding hydrogens is 600 g/mol. The standard InChI is InChI=1S/C26H16Cl3F3N2O4S/c1-3-9-38-21-14(10-16(28)12-17(21)29)11-18-23(35)34-20(13-5-7-15(27)8-6-13)19(24(36)37-4-2)22(26(30,31)32)33-25(34)39-18/h1,5-8,10-12,20H,4,9H2,2H3/b18-11-/t20-/m0/s1. The molecule has 3 aromatic rings. The Morgan fingerprint density at radius 2 is 1.90 bits per heavy atom. The third-order valence-electron chi connectivity index (χ3n) is 5.40. The number of halogens is 6. The highest BCUT2D eigenvalue weighted by atomic mass is 35.5. The number of rotatable bonds is 6. The average molecular weight is 616 g/mol. The molecule has 13 heteroatoms. The first kappa shape index (κ1) is 28.8. The van der Waals surface area contributed by atoms with Crippen molar-refractivity contribution in [2.24, 2.45) is 4.99 Å². The number of fused-ring (bicyclic) bond motifs is 1. The highest BCUT2D eigenvalue weighted by molar-refractivity contribution is 7.07. The first-order chi connectivity index (χ1) is 18.5. The van der Waals surface area contributed by atoms with E-state index in [0.29, 0.717) is 16.4 Å². The lowest BCUT2D eigenvalue weighted by molar-refractivity contribution is -0.140. The topological polar surface area (TPSA) is 69.9 Å². The highest BCUT2D eigenvalue weighted by Gasteiger charge is 2.45. The number of aromatic nitrogens is 1. The lowest BCUT2D eigenvalue weighted by Crippen LogP contribution is -2.41. The van der Waals surface area contributed by atoms with Crippen molar-refractivity contribution in [3.63, 3.8) is 0 Å². The minimum atomic E-state index is -5.03. The number of nitrogens with zero attached hydrogens (tertiary/aromatic N) is 2. The molecule has 4 rings (SSSR count). The molecule has 0 spiro atoms. The quantitative estimate of drug-likeness (QED) is 0.278. The minimum Gasteiger partial charge on any atom is -0.479 e. The predicted molar refractivity (Wildman–Crippen MR) is 143 cm³/mol. The monoisotopic (exact) mass is 614 g/mol. The molecule has 1 aliphatic heterocycles. The number of hydrogen-bond donors (Lipinski definition) is 0. The van der Waals surface area contributed by atoms with Crippen molar-refractivity contribution in [3.05, 3.63) is 93.6 Å². The number of alkyl halides is 3. The van der Waals surface area contributed by atoms with E-state index in [2.05, 4.69) is 10.9 Å². The van der Waals surface area contributed by atoms with Gasteiger partial charge in [-0.05, 0) is 42.8 Å². The smallest absolute Gasteiger partial charge is 0.434 e. The van der Waals surface area contributed by atoms with Gasteiger partial charge in [-0.15, -0.1) is 6.42 Å². The molecule has 0 radical (unpaired) electrons. The van der Waals surface area contributed by atoms with E-state index in [1.807, 2.05) is 0 Å². The van der Waals surface area contributed by atoms with Gasteiger partial charge in [0, 0.05) is 15.6 Å². The van der Waals surface area contributed by atoms with E-state index in [1.54, 1.807) is 0 Å². The van der Waals surface area contributed by atoms with Crippen LogP contribution in [-0.4, -0.2) is 29.9 Å². The van der Waals surface area contributed by atoms with Crippen LogP contribution in [0.15, 0.2) is 57.5 Å². The van der Waals surface area contributed by atoms with Gasteiger partial charge in [-0.1, -0.05) is 64.2 Å². The number of terminal acetylenes is 1. The van der Waals surface area contributed by atoms with Gasteiger partial charge in [0.1, 0.15) is 12.4 Å². The van der Waals surface area contributed by atoms with Gasteiger partial charge in [0.05, 0.1) is 27.8 Å². The van der Waals surface area contributed by atoms with Crippen LogP contribution >= 0.6 is 46.1 Å². The van der Waals surface area contributed by atoms with Crippen molar-refractivity contribution in [3.8, 4) is 18.1 Å². The average Bonchev–Trinajstić information content (AvgIpc) is 3.17. The summed E-state index contributed by atoms with van der Waals surface area (Å²) >= 11 is 19.1. The number of carbonyl (C=O) groups excluding carboxylic acids is 1. The molecule has 1 aliphatic rings. The van der Waals surface area contributed by atoms with Gasteiger partial charge in [-0.2, -0.15) is 13.2 Å². The van der Waals surface area contributed by atoms with E-state index in [0.717, 1.165) is 4.57 Å². The maximum absolute atomic E-state index is 14.2. The second-order valence-electron chi connectivity index (χ2n) is 7.91. The molecule has 0 amide bonds. The van der Waals surface area contributed by atoms with Gasteiger partial charge in [0.15, 0.2) is 10.5 Å². The minimum absolute atomic E-state index is 0.0248. The summed E-state index contributed by atoms with van der Waals surface area (Å²) in [6.45, 7) is 1.12. The molecule has 0 bridgehead atoms. The zero-order valence-electron chi connectivity index (χ0n) is 19.8. The van der Waals surface area contributed by atoms with Crippen molar-refractivity contribution in [1.82, 2.24) is 4.57 Å². The maximum Gasteiger partial charge on any atom is 0.434 e. The first-order valence-electron chi connectivity index (χ1n) is 11.1. The van der Waals surface area contributed by atoms with Crippen LogP contribution in [0.4, 0.5) is 13.2 Å². The number of allylic oxidation sites excluding steroid dienone is 1. The SMILES string of the molecule is C#CCOc1c(Cl)cc(Cl)cc1/C=c1\sc2n(c1=O)[C@@H](c1ccc(Cl)cc1)C(C(=O)OCC)=C(C(F)(F)F)N=2. The van der Waals surface area contributed by atoms with Crippen LogP contribution in [-0.2, 0) is 9.53 Å². The van der Waals surface area contributed by atoms with Crippen LogP contribution in [0.1, 0.15) is 24.1 Å². The number of carbonyl (C=O) groups is 1. The molecule has 0 saturated heterocycles. The Bertz CT molecular complexity index is 1700. The van der Waals surface area contributed by atoms with Crippen LogP contribution in [0.5, 0.6) is 5.75 Å². The molecule has 39 heavy (non-hydrogen) atoms. The summed E-state index contributed by atoms with van der Waals surface area (Å²) in [7, 11) is 0. The van der Waals surface area contributed by atoms with Gasteiger partial charge in [0.2, 0.25) is 0 Å². The molecule has 0 unspecified atom stereocenters. The summed E-state index contributed by atoms with van der Waals surface area (Å²) in [6.07, 6.45) is 1.60. The third kappa shape index (κ3) is 5.87. The molecule has 2 heterocycles.